The van der Waals surface area contributed by atoms with E-state index in [2.05, 4.69) is 22.4 Å². The summed E-state index contributed by atoms with van der Waals surface area (Å²) in [6.45, 7) is 2.08. The van der Waals surface area contributed by atoms with Crippen LogP contribution in [0.2, 0.25) is 0 Å². The lowest BCUT2D eigenvalue weighted by atomic mass is 10.2. The molecule has 0 saturated carbocycles. The Morgan fingerprint density at radius 2 is 2.24 bits per heavy atom. The highest BCUT2D eigenvalue weighted by Crippen LogP contribution is 2.35. The predicted molar refractivity (Wildman–Crippen MR) is 71.6 cm³/mol. The lowest BCUT2D eigenvalue weighted by Gasteiger charge is -2.05. The first kappa shape index (κ1) is 12.4. The average Bonchev–Trinajstić information content (AvgIpc) is 2.83. The molecule has 1 aromatic carbocycles. The van der Waals surface area contributed by atoms with Crippen LogP contribution in [0, 0.1) is 11.3 Å². The van der Waals surface area contributed by atoms with Crippen LogP contribution < -0.4 is 0 Å². The molecule has 0 N–H and O–H groups in total. The number of nitriles is 1. The van der Waals surface area contributed by atoms with E-state index in [-0.39, 0.29) is 0 Å². The van der Waals surface area contributed by atoms with Gasteiger partial charge in [0.15, 0.2) is 4.34 Å². The lowest BCUT2D eigenvalue weighted by Crippen LogP contribution is -1.86. The lowest BCUT2D eigenvalue weighted by molar-refractivity contribution is 1.20. The van der Waals surface area contributed by atoms with E-state index in [9.17, 15) is 5.26 Å². The van der Waals surface area contributed by atoms with Gasteiger partial charge in [0.05, 0.1) is 5.56 Å². The van der Waals surface area contributed by atoms with E-state index in [0.29, 0.717) is 0 Å². The van der Waals surface area contributed by atoms with E-state index >= 15 is 0 Å². The molecule has 0 aliphatic carbocycles. The summed E-state index contributed by atoms with van der Waals surface area (Å²) < 4.78 is 4.82. The third-order valence-corrected chi connectivity index (χ3v) is 4.65. The standard InChI is InChI=1S/C11H9N3S3/c1-2-15-9-4-3-5-10(8(9)6-12)16-11-13-7-14-17-11/h3-5,7H,2H2,1H3. The van der Waals surface area contributed by atoms with Gasteiger partial charge >= 0.3 is 0 Å². The Morgan fingerprint density at radius 3 is 2.88 bits per heavy atom. The largest absolute Gasteiger partial charge is 0.216 e. The highest BCUT2D eigenvalue weighted by molar-refractivity contribution is 8.01. The minimum Gasteiger partial charge on any atom is -0.216 e. The molecule has 3 nitrogen and oxygen atoms in total. The monoisotopic (exact) mass is 279 g/mol. The second kappa shape index (κ2) is 6.05. The molecule has 2 aromatic rings. The first-order valence-corrected chi connectivity index (χ1v) is 7.53. The van der Waals surface area contributed by atoms with Crippen molar-refractivity contribution in [2.45, 2.75) is 21.1 Å². The van der Waals surface area contributed by atoms with Gasteiger partial charge in [0.1, 0.15) is 12.4 Å². The van der Waals surface area contributed by atoms with Gasteiger partial charge in [0.2, 0.25) is 0 Å². The van der Waals surface area contributed by atoms with Crippen LogP contribution in [-0.2, 0) is 0 Å². The summed E-state index contributed by atoms with van der Waals surface area (Å²) in [6, 6.07) is 8.18. The van der Waals surface area contributed by atoms with Gasteiger partial charge in [-0.1, -0.05) is 24.8 Å². The molecule has 0 aliphatic heterocycles. The number of hydrogen-bond acceptors (Lipinski definition) is 6. The Bertz CT molecular complexity index is 531. The van der Waals surface area contributed by atoms with E-state index in [1.807, 2.05) is 18.2 Å². The average molecular weight is 279 g/mol. The second-order valence-electron chi connectivity index (χ2n) is 2.98. The van der Waals surface area contributed by atoms with Gasteiger partial charge in [-0.2, -0.15) is 9.64 Å². The highest BCUT2D eigenvalue weighted by atomic mass is 32.2. The molecule has 0 bridgehead atoms. The van der Waals surface area contributed by atoms with E-state index in [4.69, 9.17) is 0 Å². The zero-order valence-electron chi connectivity index (χ0n) is 9.08. The zero-order valence-corrected chi connectivity index (χ0v) is 11.5. The minimum atomic E-state index is 0.736. The van der Waals surface area contributed by atoms with Crippen molar-refractivity contribution in [3.8, 4) is 6.07 Å². The number of thioether (sulfide) groups is 1. The Kier molecular flexibility index (Phi) is 4.42. The summed E-state index contributed by atoms with van der Waals surface area (Å²) in [5.74, 6) is 0.960. The van der Waals surface area contributed by atoms with Crippen molar-refractivity contribution in [1.29, 1.82) is 5.26 Å². The van der Waals surface area contributed by atoms with Gasteiger partial charge < -0.3 is 0 Å². The fourth-order valence-corrected chi connectivity index (χ4v) is 3.65. The van der Waals surface area contributed by atoms with Crippen LogP contribution >= 0.6 is 35.1 Å². The Morgan fingerprint density at radius 1 is 1.41 bits per heavy atom. The Hall–Kier alpha value is -1.03. The quantitative estimate of drug-likeness (QED) is 0.799. The highest BCUT2D eigenvalue weighted by Gasteiger charge is 2.10. The van der Waals surface area contributed by atoms with Crippen LogP contribution in [0.1, 0.15) is 12.5 Å². The molecule has 0 atom stereocenters. The summed E-state index contributed by atoms with van der Waals surface area (Å²) in [4.78, 5) is 6.10. The smallest absolute Gasteiger partial charge is 0.174 e. The van der Waals surface area contributed by atoms with Crippen LogP contribution in [-0.4, -0.2) is 15.1 Å². The number of hydrogen-bond donors (Lipinski definition) is 0. The maximum atomic E-state index is 9.25. The van der Waals surface area contributed by atoms with Crippen LogP contribution in [0.25, 0.3) is 0 Å². The first-order valence-electron chi connectivity index (χ1n) is 4.95. The molecule has 2 rings (SSSR count). The summed E-state index contributed by atoms with van der Waals surface area (Å²) in [5, 5.41) is 9.25. The number of nitrogens with zero attached hydrogens (tertiary/aromatic N) is 3. The molecule has 6 heteroatoms. The van der Waals surface area contributed by atoms with Crippen molar-refractivity contribution >= 4 is 35.1 Å². The molecular weight excluding hydrogens is 270 g/mol. The van der Waals surface area contributed by atoms with Crippen LogP contribution in [0.3, 0.4) is 0 Å². The van der Waals surface area contributed by atoms with Gasteiger partial charge in [0.25, 0.3) is 0 Å². The number of rotatable bonds is 4. The van der Waals surface area contributed by atoms with Crippen molar-refractivity contribution in [2.24, 2.45) is 0 Å². The SMILES string of the molecule is CCSc1cccc(Sc2ncns2)c1C#N. The molecule has 1 heterocycles. The summed E-state index contributed by atoms with van der Waals surface area (Å²) in [5.41, 5.74) is 0.736. The normalized spacial score (nSPS) is 10.1. The third-order valence-electron chi connectivity index (χ3n) is 1.94. The number of aromatic nitrogens is 2. The van der Waals surface area contributed by atoms with E-state index < -0.39 is 0 Å². The zero-order chi connectivity index (χ0) is 12.1. The molecule has 1 aromatic heterocycles. The van der Waals surface area contributed by atoms with Crippen molar-refractivity contribution in [1.82, 2.24) is 9.36 Å². The molecule has 0 radical (unpaired) electrons. The maximum absolute atomic E-state index is 9.25. The Balaban J connectivity index is 2.34. The van der Waals surface area contributed by atoms with Crippen LogP contribution in [0.5, 0.6) is 0 Å². The summed E-state index contributed by atoms with van der Waals surface area (Å²) in [7, 11) is 0. The van der Waals surface area contributed by atoms with Crippen molar-refractivity contribution in [3.63, 3.8) is 0 Å². The number of benzene rings is 1. The molecule has 0 saturated heterocycles. The second-order valence-corrected chi connectivity index (χ2v) is 6.36. The summed E-state index contributed by atoms with van der Waals surface area (Å²) >= 11 is 4.52. The minimum absolute atomic E-state index is 0.736. The predicted octanol–water partition coefficient (Wildman–Crippen LogP) is 3.67. The van der Waals surface area contributed by atoms with E-state index in [1.54, 1.807) is 11.8 Å². The molecule has 86 valence electrons. The molecule has 0 amide bonds. The van der Waals surface area contributed by atoms with Gasteiger partial charge in [0, 0.05) is 9.79 Å². The third kappa shape index (κ3) is 3.00. The molecule has 0 fully saturated rings. The molecule has 0 spiro atoms. The van der Waals surface area contributed by atoms with E-state index in [1.165, 1.54) is 29.6 Å². The Labute approximate surface area is 112 Å². The fraction of sp³-hybridized carbons (Fsp3) is 0.182. The molecule has 0 aliphatic rings. The molecular formula is C11H9N3S3. The van der Waals surface area contributed by atoms with Crippen molar-refractivity contribution in [2.75, 3.05) is 5.75 Å². The summed E-state index contributed by atoms with van der Waals surface area (Å²) in [6.07, 6.45) is 1.53. The van der Waals surface area contributed by atoms with Crippen LogP contribution in [0.4, 0.5) is 0 Å². The van der Waals surface area contributed by atoms with Crippen molar-refractivity contribution in [3.05, 3.63) is 30.1 Å². The fourth-order valence-electron chi connectivity index (χ4n) is 1.28. The first-order chi connectivity index (χ1) is 8.35. The van der Waals surface area contributed by atoms with Crippen molar-refractivity contribution < 1.29 is 0 Å². The van der Waals surface area contributed by atoms with Gasteiger partial charge in [-0.15, -0.1) is 11.8 Å². The van der Waals surface area contributed by atoms with E-state index in [0.717, 1.165) is 25.4 Å². The topological polar surface area (TPSA) is 49.6 Å². The van der Waals surface area contributed by atoms with Crippen LogP contribution in [0.15, 0.2) is 38.7 Å². The maximum Gasteiger partial charge on any atom is 0.174 e. The van der Waals surface area contributed by atoms with Gasteiger partial charge in [-0.25, -0.2) is 4.98 Å². The van der Waals surface area contributed by atoms with Gasteiger partial charge in [-0.3, -0.25) is 0 Å². The van der Waals surface area contributed by atoms with Gasteiger partial charge in [-0.05, 0) is 29.4 Å². The molecule has 17 heavy (non-hydrogen) atoms. The molecule has 0 unspecified atom stereocenters.